The summed E-state index contributed by atoms with van der Waals surface area (Å²) in [6.07, 6.45) is 11.3. The average Bonchev–Trinajstić information content (AvgIpc) is 2.94. The van der Waals surface area contributed by atoms with Gasteiger partial charge in [0.05, 0.1) is 36.6 Å². The predicted molar refractivity (Wildman–Crippen MR) is 143 cm³/mol. The lowest BCUT2D eigenvalue weighted by atomic mass is 9.76. The van der Waals surface area contributed by atoms with Gasteiger partial charge in [-0.3, -0.25) is 24.5 Å². The Morgan fingerprint density at radius 2 is 1.35 bits per heavy atom. The predicted octanol–water partition coefficient (Wildman–Crippen LogP) is 3.30. The zero-order chi connectivity index (χ0) is 28.6. The van der Waals surface area contributed by atoms with Gasteiger partial charge >= 0.3 is 11.9 Å². The van der Waals surface area contributed by atoms with Crippen molar-refractivity contribution < 1.29 is 39.1 Å². The Bertz CT molecular complexity index is 886. The zero-order valence-electron chi connectivity index (χ0n) is 23.2. The number of amides is 1. The first kappa shape index (κ1) is 30.6. The Kier molecular flexibility index (Phi) is 11.1. The lowest BCUT2D eigenvalue weighted by Gasteiger charge is -2.36. The number of carbonyl (C=O) groups is 3. The van der Waals surface area contributed by atoms with E-state index < -0.39 is 34.7 Å². The molecule has 0 aromatic carbocycles. The smallest absolute Gasteiger partial charge is 0.307 e. The number of carboxylic acid groups (broad SMARTS) is 2. The van der Waals surface area contributed by atoms with Crippen LogP contribution in [0.15, 0.2) is 0 Å². The SMILES string of the molecule is O=C(O)C1CCCCC1CONC1CCC(OC2CCC(NC(=O)C3CCC([N+](=O)[O-])CC3C(=O)O)CC2)CC1. The van der Waals surface area contributed by atoms with E-state index in [1.165, 1.54) is 0 Å². The highest BCUT2D eigenvalue weighted by molar-refractivity contribution is 5.85. The van der Waals surface area contributed by atoms with E-state index in [-0.39, 0.29) is 61.3 Å². The normalized spacial score (nSPS) is 36.9. The number of aliphatic carboxylic acids is 2. The van der Waals surface area contributed by atoms with Gasteiger partial charge in [-0.1, -0.05) is 12.8 Å². The molecular formula is C28H45N3O9. The van der Waals surface area contributed by atoms with Gasteiger partial charge in [-0.25, -0.2) is 0 Å². The van der Waals surface area contributed by atoms with Gasteiger partial charge in [0.15, 0.2) is 0 Å². The van der Waals surface area contributed by atoms with Crippen molar-refractivity contribution in [1.82, 2.24) is 10.8 Å². The number of hydrogen-bond acceptors (Lipinski definition) is 8. The maximum atomic E-state index is 12.9. The van der Waals surface area contributed by atoms with Crippen LogP contribution in [0, 0.1) is 33.8 Å². The second kappa shape index (κ2) is 14.5. The van der Waals surface area contributed by atoms with Crippen molar-refractivity contribution in [2.45, 2.75) is 127 Å². The van der Waals surface area contributed by atoms with Crippen LogP contribution in [0.5, 0.6) is 0 Å². The van der Waals surface area contributed by atoms with Crippen molar-refractivity contribution in [1.29, 1.82) is 0 Å². The summed E-state index contributed by atoms with van der Waals surface area (Å²) in [6.45, 7) is 0.435. The molecule has 5 atom stereocenters. The number of nitro groups is 1. The minimum atomic E-state index is -1.14. The third-order valence-corrected chi connectivity index (χ3v) is 9.63. The fraction of sp³-hybridized carbons (Fsp3) is 0.893. The zero-order valence-corrected chi connectivity index (χ0v) is 23.2. The van der Waals surface area contributed by atoms with E-state index in [4.69, 9.17) is 9.57 Å². The van der Waals surface area contributed by atoms with Crippen LogP contribution in [-0.4, -0.2) is 69.9 Å². The van der Waals surface area contributed by atoms with Gasteiger partial charge in [0.2, 0.25) is 11.9 Å². The van der Waals surface area contributed by atoms with E-state index in [1.807, 2.05) is 0 Å². The molecule has 0 aromatic heterocycles. The molecule has 12 heteroatoms. The van der Waals surface area contributed by atoms with Crippen molar-refractivity contribution in [3.05, 3.63) is 10.1 Å². The van der Waals surface area contributed by atoms with E-state index in [9.17, 15) is 34.7 Å². The number of nitrogens with one attached hydrogen (secondary N) is 2. The maximum Gasteiger partial charge on any atom is 0.307 e. The Hall–Kier alpha value is -2.31. The number of carboxylic acids is 2. The number of hydrogen-bond donors (Lipinski definition) is 4. The van der Waals surface area contributed by atoms with E-state index >= 15 is 0 Å². The second-order valence-corrected chi connectivity index (χ2v) is 12.3. The highest BCUT2D eigenvalue weighted by Gasteiger charge is 2.44. The molecule has 12 nitrogen and oxygen atoms in total. The van der Waals surface area contributed by atoms with Crippen molar-refractivity contribution in [2.24, 2.45) is 23.7 Å². The Balaban J connectivity index is 1.11. The van der Waals surface area contributed by atoms with E-state index in [0.717, 1.165) is 77.0 Å². The standard InChI is InChI=1S/C28H45N3O9/c32-26(24-14-9-20(31(37)38)15-25(24)28(35)36)29-18-5-10-21(11-6-18)40-22-12-7-19(8-13-22)30-39-16-17-3-1-2-4-23(17)27(33)34/h17-25,30H,1-16H2,(H,29,32)(H,33,34)(H,35,36). The Morgan fingerprint density at radius 3 is 1.95 bits per heavy atom. The summed E-state index contributed by atoms with van der Waals surface area (Å²) in [5.41, 5.74) is 3.16. The highest BCUT2D eigenvalue weighted by Crippen LogP contribution is 2.34. The molecule has 0 aliphatic heterocycles. The van der Waals surface area contributed by atoms with Crippen LogP contribution in [0.1, 0.15) is 96.3 Å². The molecule has 4 saturated carbocycles. The molecule has 40 heavy (non-hydrogen) atoms. The molecule has 4 aliphatic carbocycles. The lowest BCUT2D eigenvalue weighted by Crippen LogP contribution is -2.48. The van der Waals surface area contributed by atoms with Gasteiger partial charge in [-0.2, -0.15) is 5.48 Å². The molecular weight excluding hydrogens is 522 g/mol. The Morgan fingerprint density at radius 1 is 0.750 bits per heavy atom. The van der Waals surface area contributed by atoms with E-state index in [1.54, 1.807) is 0 Å². The first-order valence-electron chi connectivity index (χ1n) is 15.1. The van der Waals surface area contributed by atoms with E-state index in [2.05, 4.69) is 10.8 Å². The van der Waals surface area contributed by atoms with Gasteiger partial charge in [0.1, 0.15) is 0 Å². The van der Waals surface area contributed by atoms with Crippen LogP contribution in [0.3, 0.4) is 0 Å². The summed E-state index contributed by atoms with van der Waals surface area (Å²) in [5, 5.41) is 33.1. The molecule has 4 rings (SSSR count). The Labute approximate surface area is 235 Å². The first-order valence-corrected chi connectivity index (χ1v) is 15.1. The number of rotatable bonds is 11. The third-order valence-electron chi connectivity index (χ3n) is 9.63. The minimum Gasteiger partial charge on any atom is -0.481 e. The highest BCUT2D eigenvalue weighted by atomic mass is 16.6. The largest absolute Gasteiger partial charge is 0.481 e. The van der Waals surface area contributed by atoms with Crippen LogP contribution < -0.4 is 10.8 Å². The second-order valence-electron chi connectivity index (χ2n) is 12.3. The molecule has 1 amide bonds. The summed E-state index contributed by atoms with van der Waals surface area (Å²) in [6, 6.07) is -0.686. The third kappa shape index (κ3) is 8.36. The fourth-order valence-electron chi connectivity index (χ4n) is 7.17. The first-order chi connectivity index (χ1) is 19.2. The molecule has 4 aliphatic rings. The number of nitrogens with zero attached hydrogens (tertiary/aromatic N) is 1. The molecule has 0 bridgehead atoms. The maximum absolute atomic E-state index is 12.9. The molecule has 0 aromatic rings. The van der Waals surface area contributed by atoms with Crippen LogP contribution in [0.25, 0.3) is 0 Å². The van der Waals surface area contributed by atoms with Crippen LogP contribution in [-0.2, 0) is 24.0 Å². The topological polar surface area (TPSA) is 177 Å². The molecule has 4 N–H and O–H groups in total. The summed E-state index contributed by atoms with van der Waals surface area (Å²) in [5.74, 6) is -4.14. The number of hydroxylamine groups is 1. The van der Waals surface area contributed by atoms with Crippen molar-refractivity contribution >= 4 is 17.8 Å². The minimum absolute atomic E-state index is 0.0305. The summed E-state index contributed by atoms with van der Waals surface area (Å²) in [7, 11) is 0. The molecule has 0 radical (unpaired) electrons. The number of ether oxygens (including phenoxy) is 1. The molecule has 0 saturated heterocycles. The summed E-state index contributed by atoms with van der Waals surface area (Å²) in [4.78, 5) is 52.5. The van der Waals surface area contributed by atoms with Crippen LogP contribution >= 0.6 is 0 Å². The van der Waals surface area contributed by atoms with Gasteiger partial charge in [-0.05, 0) is 76.5 Å². The van der Waals surface area contributed by atoms with Gasteiger partial charge < -0.3 is 25.1 Å². The number of carbonyl (C=O) groups excluding carboxylic acids is 1. The van der Waals surface area contributed by atoms with E-state index in [0.29, 0.717) is 6.61 Å². The molecule has 0 heterocycles. The molecule has 4 fully saturated rings. The monoisotopic (exact) mass is 567 g/mol. The van der Waals surface area contributed by atoms with Crippen molar-refractivity contribution in [3.8, 4) is 0 Å². The van der Waals surface area contributed by atoms with Gasteiger partial charge in [-0.15, -0.1) is 0 Å². The molecule has 5 unspecified atom stereocenters. The van der Waals surface area contributed by atoms with Crippen molar-refractivity contribution in [2.75, 3.05) is 6.61 Å². The molecule has 226 valence electrons. The van der Waals surface area contributed by atoms with Gasteiger partial charge in [0, 0.05) is 29.8 Å². The van der Waals surface area contributed by atoms with Gasteiger partial charge in [0.25, 0.3) is 0 Å². The van der Waals surface area contributed by atoms with Crippen molar-refractivity contribution in [3.63, 3.8) is 0 Å². The lowest BCUT2D eigenvalue weighted by molar-refractivity contribution is -0.528. The quantitative estimate of drug-likeness (QED) is 0.214. The average molecular weight is 568 g/mol. The van der Waals surface area contributed by atoms with Crippen LogP contribution in [0.4, 0.5) is 0 Å². The fourth-order valence-corrected chi connectivity index (χ4v) is 7.17. The summed E-state index contributed by atoms with van der Waals surface area (Å²) >= 11 is 0. The summed E-state index contributed by atoms with van der Waals surface area (Å²) < 4.78 is 6.38. The molecule has 0 spiro atoms. The van der Waals surface area contributed by atoms with Crippen LogP contribution in [0.2, 0.25) is 0 Å².